The number of ether oxygens (including phenoxy) is 1. The fraction of sp³-hybridized carbons (Fsp3) is 0.333. The Bertz CT molecular complexity index is 675. The van der Waals surface area contributed by atoms with E-state index in [-0.39, 0.29) is 12.0 Å². The molecule has 1 aromatic carbocycles. The lowest BCUT2D eigenvalue weighted by molar-refractivity contribution is -0.146. The molecular weight excluding hydrogens is 292 g/mol. The first-order valence-corrected chi connectivity index (χ1v) is 7.66. The van der Waals surface area contributed by atoms with E-state index in [4.69, 9.17) is 4.74 Å². The summed E-state index contributed by atoms with van der Waals surface area (Å²) in [5.41, 5.74) is 3.24. The second-order valence-corrected chi connectivity index (χ2v) is 5.80. The largest absolute Gasteiger partial charge is 0.468 e. The Labute approximate surface area is 135 Å². The third kappa shape index (κ3) is 3.57. The van der Waals surface area contributed by atoms with Crippen LogP contribution in [0.2, 0.25) is 0 Å². The second kappa shape index (κ2) is 6.89. The van der Waals surface area contributed by atoms with Gasteiger partial charge in [0, 0.05) is 31.9 Å². The van der Waals surface area contributed by atoms with E-state index in [1.807, 2.05) is 41.4 Å². The molecule has 0 radical (unpaired) electrons. The SMILES string of the molecule is COC(=O)[C@H]1C[C@H](O)CN1Cc1cccc(-c2cccnc2)c1. The number of benzene rings is 1. The Hall–Kier alpha value is -2.24. The lowest BCUT2D eigenvalue weighted by Gasteiger charge is -2.22. The van der Waals surface area contributed by atoms with Crippen LogP contribution in [0.25, 0.3) is 11.1 Å². The first-order chi connectivity index (χ1) is 11.2. The summed E-state index contributed by atoms with van der Waals surface area (Å²) >= 11 is 0. The molecule has 0 spiro atoms. The molecule has 2 aromatic rings. The molecule has 0 saturated carbocycles. The summed E-state index contributed by atoms with van der Waals surface area (Å²) in [6, 6.07) is 11.7. The van der Waals surface area contributed by atoms with Crippen LogP contribution in [0.4, 0.5) is 0 Å². The van der Waals surface area contributed by atoms with Crippen molar-refractivity contribution in [3.05, 3.63) is 54.4 Å². The van der Waals surface area contributed by atoms with Crippen molar-refractivity contribution in [3.63, 3.8) is 0 Å². The molecule has 1 saturated heterocycles. The number of nitrogens with zero attached hydrogens (tertiary/aromatic N) is 2. The average molecular weight is 312 g/mol. The predicted molar refractivity (Wildman–Crippen MR) is 86.5 cm³/mol. The number of rotatable bonds is 4. The molecule has 1 aliphatic heterocycles. The summed E-state index contributed by atoms with van der Waals surface area (Å²) in [7, 11) is 1.38. The quantitative estimate of drug-likeness (QED) is 0.873. The van der Waals surface area contributed by atoms with Crippen LogP contribution in [-0.2, 0) is 16.1 Å². The summed E-state index contributed by atoms with van der Waals surface area (Å²) < 4.78 is 4.84. The fourth-order valence-corrected chi connectivity index (χ4v) is 3.05. The number of likely N-dealkylation sites (tertiary alicyclic amines) is 1. The van der Waals surface area contributed by atoms with Crippen molar-refractivity contribution in [2.75, 3.05) is 13.7 Å². The third-order valence-electron chi connectivity index (χ3n) is 4.16. The van der Waals surface area contributed by atoms with Gasteiger partial charge in [0.25, 0.3) is 0 Å². The van der Waals surface area contributed by atoms with Crippen LogP contribution in [0.1, 0.15) is 12.0 Å². The molecule has 0 aliphatic carbocycles. The molecule has 23 heavy (non-hydrogen) atoms. The van der Waals surface area contributed by atoms with Gasteiger partial charge in [0.15, 0.2) is 0 Å². The maximum atomic E-state index is 11.9. The Morgan fingerprint density at radius 1 is 1.35 bits per heavy atom. The first kappa shape index (κ1) is 15.6. The third-order valence-corrected chi connectivity index (χ3v) is 4.16. The highest BCUT2D eigenvalue weighted by Crippen LogP contribution is 2.24. The van der Waals surface area contributed by atoms with E-state index >= 15 is 0 Å². The van der Waals surface area contributed by atoms with Gasteiger partial charge in [-0.1, -0.05) is 24.3 Å². The zero-order chi connectivity index (χ0) is 16.2. The van der Waals surface area contributed by atoms with Crippen LogP contribution in [-0.4, -0.2) is 46.8 Å². The molecule has 1 aromatic heterocycles. The van der Waals surface area contributed by atoms with Crippen molar-refractivity contribution in [1.82, 2.24) is 9.88 Å². The van der Waals surface area contributed by atoms with Gasteiger partial charge in [0.05, 0.1) is 13.2 Å². The van der Waals surface area contributed by atoms with Gasteiger partial charge in [-0.05, 0) is 28.8 Å². The van der Waals surface area contributed by atoms with Crippen molar-refractivity contribution in [2.45, 2.75) is 25.1 Å². The molecule has 5 nitrogen and oxygen atoms in total. The standard InChI is InChI=1S/C18H20N2O3/c1-23-18(22)17-9-16(21)12-20(17)11-13-4-2-5-14(8-13)15-6-3-7-19-10-15/h2-8,10,16-17,21H,9,11-12H2,1H3/t16-,17+/m0/s1. The molecule has 1 aliphatic rings. The highest BCUT2D eigenvalue weighted by atomic mass is 16.5. The molecule has 1 fully saturated rings. The van der Waals surface area contributed by atoms with Gasteiger partial charge in [-0.2, -0.15) is 0 Å². The van der Waals surface area contributed by atoms with Gasteiger partial charge in [0.2, 0.25) is 0 Å². The van der Waals surface area contributed by atoms with Crippen molar-refractivity contribution in [2.24, 2.45) is 0 Å². The second-order valence-electron chi connectivity index (χ2n) is 5.80. The van der Waals surface area contributed by atoms with Crippen LogP contribution in [0, 0.1) is 0 Å². The summed E-state index contributed by atoms with van der Waals surface area (Å²) in [5, 5.41) is 9.87. The molecule has 0 unspecified atom stereocenters. The summed E-state index contributed by atoms with van der Waals surface area (Å²) in [6.45, 7) is 1.09. The number of methoxy groups -OCH3 is 1. The van der Waals surface area contributed by atoms with E-state index in [1.165, 1.54) is 7.11 Å². The maximum Gasteiger partial charge on any atom is 0.323 e. The van der Waals surface area contributed by atoms with Gasteiger partial charge in [-0.3, -0.25) is 14.7 Å². The van der Waals surface area contributed by atoms with E-state index in [9.17, 15) is 9.90 Å². The average Bonchev–Trinajstić information content (AvgIpc) is 2.95. The molecule has 0 amide bonds. The van der Waals surface area contributed by atoms with Gasteiger partial charge < -0.3 is 9.84 Å². The van der Waals surface area contributed by atoms with E-state index in [0.717, 1.165) is 16.7 Å². The van der Waals surface area contributed by atoms with Crippen molar-refractivity contribution >= 4 is 5.97 Å². The van der Waals surface area contributed by atoms with E-state index in [0.29, 0.717) is 19.5 Å². The zero-order valence-corrected chi connectivity index (χ0v) is 13.1. The van der Waals surface area contributed by atoms with Crippen molar-refractivity contribution in [1.29, 1.82) is 0 Å². The van der Waals surface area contributed by atoms with Crippen LogP contribution in [0.15, 0.2) is 48.8 Å². The zero-order valence-electron chi connectivity index (χ0n) is 13.1. The summed E-state index contributed by atoms with van der Waals surface area (Å²) in [4.78, 5) is 18.0. The number of hydrogen-bond donors (Lipinski definition) is 1. The lowest BCUT2D eigenvalue weighted by Crippen LogP contribution is -2.36. The number of esters is 1. The minimum atomic E-state index is -0.486. The Kier molecular flexibility index (Phi) is 4.69. The Morgan fingerprint density at radius 3 is 2.91 bits per heavy atom. The lowest BCUT2D eigenvalue weighted by atomic mass is 10.0. The van der Waals surface area contributed by atoms with Gasteiger partial charge in [-0.25, -0.2) is 0 Å². The number of carbonyl (C=O) groups is 1. The van der Waals surface area contributed by atoms with E-state index in [1.54, 1.807) is 6.20 Å². The molecule has 2 heterocycles. The predicted octanol–water partition coefficient (Wildman–Crippen LogP) is 1.86. The number of carbonyl (C=O) groups excluding carboxylic acids is 1. The normalized spacial score (nSPS) is 21.3. The monoisotopic (exact) mass is 312 g/mol. The fourth-order valence-electron chi connectivity index (χ4n) is 3.05. The number of pyridine rings is 1. The number of β-amino-alcohol motifs (C(OH)–C–C–N with tert-alkyl or cyclic N) is 1. The van der Waals surface area contributed by atoms with E-state index < -0.39 is 6.10 Å². The van der Waals surface area contributed by atoms with Crippen molar-refractivity contribution in [3.8, 4) is 11.1 Å². The minimum absolute atomic E-state index is 0.287. The topological polar surface area (TPSA) is 62.7 Å². The number of hydrogen-bond acceptors (Lipinski definition) is 5. The number of aliphatic hydroxyl groups excluding tert-OH is 1. The molecule has 2 atom stereocenters. The first-order valence-electron chi connectivity index (χ1n) is 7.66. The minimum Gasteiger partial charge on any atom is -0.468 e. The van der Waals surface area contributed by atoms with Crippen LogP contribution in [0.5, 0.6) is 0 Å². The molecular formula is C18H20N2O3. The highest BCUT2D eigenvalue weighted by Gasteiger charge is 2.36. The van der Waals surface area contributed by atoms with Crippen molar-refractivity contribution < 1.29 is 14.6 Å². The van der Waals surface area contributed by atoms with Gasteiger partial charge >= 0.3 is 5.97 Å². The summed E-state index contributed by atoms with van der Waals surface area (Å²) in [6.07, 6.45) is 3.52. The van der Waals surface area contributed by atoms with E-state index in [2.05, 4.69) is 11.1 Å². The maximum absolute atomic E-state index is 11.9. The van der Waals surface area contributed by atoms with Gasteiger partial charge in [-0.15, -0.1) is 0 Å². The molecule has 3 rings (SSSR count). The van der Waals surface area contributed by atoms with Crippen LogP contribution >= 0.6 is 0 Å². The number of aliphatic hydroxyl groups is 1. The smallest absolute Gasteiger partial charge is 0.323 e. The van der Waals surface area contributed by atoms with Crippen LogP contribution < -0.4 is 0 Å². The molecule has 5 heteroatoms. The molecule has 0 bridgehead atoms. The molecule has 120 valence electrons. The Morgan fingerprint density at radius 2 is 2.17 bits per heavy atom. The summed E-state index contributed by atoms with van der Waals surface area (Å²) in [5.74, 6) is -0.287. The van der Waals surface area contributed by atoms with Crippen LogP contribution in [0.3, 0.4) is 0 Å². The molecule has 1 N–H and O–H groups in total. The number of aromatic nitrogens is 1. The highest BCUT2D eigenvalue weighted by molar-refractivity contribution is 5.76. The van der Waals surface area contributed by atoms with Gasteiger partial charge in [0.1, 0.15) is 6.04 Å². The Balaban J connectivity index is 1.79.